The number of aryl methyl sites for hydroxylation is 1. The lowest BCUT2D eigenvalue weighted by atomic mass is 10.0. The average molecular weight is 548 g/mol. The van der Waals surface area contributed by atoms with Gasteiger partial charge in [0.05, 0.1) is 22.7 Å². The van der Waals surface area contributed by atoms with Crippen LogP contribution in [-0.2, 0) is 25.8 Å². The highest BCUT2D eigenvalue weighted by atomic mass is 35.5. The molecule has 0 aliphatic rings. The quantitative estimate of drug-likeness (QED) is 0.315. The predicted molar refractivity (Wildman–Crippen MR) is 136 cm³/mol. The summed E-state index contributed by atoms with van der Waals surface area (Å²) in [6, 6.07) is 11.5. The van der Waals surface area contributed by atoms with Crippen LogP contribution in [0.5, 0.6) is 0 Å². The zero-order chi connectivity index (χ0) is 26.2. The summed E-state index contributed by atoms with van der Waals surface area (Å²) in [5, 5.41) is 0.597. The zero-order valence-electron chi connectivity index (χ0n) is 19.1. The van der Waals surface area contributed by atoms with Gasteiger partial charge in [-0.1, -0.05) is 35.4 Å². The molecule has 4 rings (SSSR count). The minimum Gasteiger partial charge on any atom is -0.465 e. The molecule has 0 aliphatic heterocycles. The molecular formula is C25H19ClFNO6S2. The Bertz CT molecular complexity index is 1690. The van der Waals surface area contributed by atoms with E-state index in [1.165, 1.54) is 37.6 Å². The van der Waals surface area contributed by atoms with Crippen LogP contribution in [0.1, 0.15) is 21.5 Å². The molecule has 0 saturated carbocycles. The van der Waals surface area contributed by atoms with Crippen LogP contribution < -0.4 is 5.56 Å². The van der Waals surface area contributed by atoms with E-state index in [1.54, 1.807) is 18.2 Å². The van der Waals surface area contributed by atoms with Crippen molar-refractivity contribution in [3.8, 4) is 5.69 Å². The van der Waals surface area contributed by atoms with E-state index in [2.05, 4.69) is 0 Å². The van der Waals surface area contributed by atoms with Crippen molar-refractivity contribution >= 4 is 55.3 Å². The number of nitrogens with zero attached hydrogens (tertiary/aromatic N) is 1. The molecule has 0 saturated heterocycles. The molecule has 0 fully saturated rings. The molecule has 11 heteroatoms. The van der Waals surface area contributed by atoms with Crippen molar-refractivity contribution in [1.29, 1.82) is 0 Å². The van der Waals surface area contributed by atoms with Gasteiger partial charge in [0.2, 0.25) is 0 Å². The first-order valence-corrected chi connectivity index (χ1v) is 13.4. The van der Waals surface area contributed by atoms with Crippen molar-refractivity contribution in [1.82, 2.24) is 4.57 Å². The van der Waals surface area contributed by atoms with Gasteiger partial charge in [-0.3, -0.25) is 14.2 Å². The Kier molecular flexibility index (Phi) is 7.12. The third-order valence-corrected chi connectivity index (χ3v) is 8.95. The van der Waals surface area contributed by atoms with Gasteiger partial charge in [-0.25, -0.2) is 17.6 Å². The number of carbonyl (C=O) groups excluding carboxylic acids is 2. The van der Waals surface area contributed by atoms with Gasteiger partial charge < -0.3 is 4.74 Å². The first-order valence-electron chi connectivity index (χ1n) is 10.5. The third-order valence-electron chi connectivity index (χ3n) is 5.46. The van der Waals surface area contributed by atoms with Crippen LogP contribution >= 0.6 is 22.9 Å². The highest BCUT2D eigenvalue weighted by Gasteiger charge is 2.22. The number of rotatable bonds is 7. The first-order chi connectivity index (χ1) is 17.0. The molecule has 0 amide bonds. The number of ketones is 1. The van der Waals surface area contributed by atoms with E-state index in [4.69, 9.17) is 16.3 Å². The Morgan fingerprint density at radius 1 is 1.08 bits per heavy atom. The average Bonchev–Trinajstić information content (AvgIpc) is 3.26. The Morgan fingerprint density at radius 3 is 2.47 bits per heavy atom. The van der Waals surface area contributed by atoms with Crippen LogP contribution in [0.2, 0.25) is 4.34 Å². The van der Waals surface area contributed by atoms with Gasteiger partial charge in [0.25, 0.3) is 5.56 Å². The normalized spacial score (nSPS) is 11.6. The van der Waals surface area contributed by atoms with Gasteiger partial charge >= 0.3 is 5.97 Å². The second-order valence-electron chi connectivity index (χ2n) is 8.08. The van der Waals surface area contributed by atoms with Crippen LogP contribution in [-0.4, -0.2) is 37.6 Å². The topological polar surface area (TPSA) is 99.5 Å². The molecule has 7 nitrogen and oxygen atoms in total. The second kappa shape index (κ2) is 9.96. The van der Waals surface area contributed by atoms with Gasteiger partial charge in [-0.15, -0.1) is 11.3 Å². The Labute approximate surface area is 214 Å². The summed E-state index contributed by atoms with van der Waals surface area (Å²) in [6.07, 6.45) is 0.896. The van der Waals surface area contributed by atoms with Crippen molar-refractivity contribution in [2.75, 3.05) is 12.9 Å². The van der Waals surface area contributed by atoms with Crippen molar-refractivity contribution in [3.63, 3.8) is 0 Å². The fourth-order valence-electron chi connectivity index (χ4n) is 3.79. The first kappa shape index (κ1) is 25.7. The monoisotopic (exact) mass is 547 g/mol. The minimum atomic E-state index is -3.86. The molecule has 36 heavy (non-hydrogen) atoms. The number of methoxy groups -OCH3 is 1. The highest BCUT2D eigenvalue weighted by Crippen LogP contribution is 2.27. The van der Waals surface area contributed by atoms with Crippen LogP contribution in [0.3, 0.4) is 0 Å². The smallest absolute Gasteiger partial charge is 0.340 e. The summed E-state index contributed by atoms with van der Waals surface area (Å²) in [5.74, 6) is -2.88. The van der Waals surface area contributed by atoms with Gasteiger partial charge in [-0.2, -0.15) is 0 Å². The van der Waals surface area contributed by atoms with E-state index in [0.29, 0.717) is 5.39 Å². The molecule has 2 aromatic heterocycles. The lowest BCUT2D eigenvalue weighted by Gasteiger charge is -2.13. The summed E-state index contributed by atoms with van der Waals surface area (Å²) in [4.78, 5) is 37.9. The van der Waals surface area contributed by atoms with E-state index in [-0.39, 0.29) is 37.2 Å². The predicted octanol–water partition coefficient (Wildman–Crippen LogP) is 4.53. The van der Waals surface area contributed by atoms with E-state index < -0.39 is 38.7 Å². The molecule has 0 spiro atoms. The number of sulfone groups is 1. The molecule has 0 radical (unpaired) electrons. The van der Waals surface area contributed by atoms with Gasteiger partial charge in [0.15, 0.2) is 15.6 Å². The number of ether oxygens (including phenoxy) is 1. The second-order valence-corrected chi connectivity index (χ2v) is 12.0. The molecular weight excluding hydrogens is 529 g/mol. The number of aromatic nitrogens is 1. The Balaban J connectivity index is 1.66. The maximum atomic E-state index is 15.1. The largest absolute Gasteiger partial charge is 0.465 e. The lowest BCUT2D eigenvalue weighted by molar-refractivity contribution is -0.116. The van der Waals surface area contributed by atoms with Crippen molar-refractivity contribution in [3.05, 3.63) is 91.9 Å². The number of halogens is 2. The van der Waals surface area contributed by atoms with Crippen molar-refractivity contribution < 1.29 is 27.1 Å². The van der Waals surface area contributed by atoms with Gasteiger partial charge in [-0.05, 0) is 42.8 Å². The van der Waals surface area contributed by atoms with Crippen LogP contribution in [0.4, 0.5) is 4.39 Å². The number of carbonyl (C=O) groups is 2. The molecule has 0 bridgehead atoms. The molecule has 0 N–H and O–H groups in total. The molecule has 2 aromatic carbocycles. The summed E-state index contributed by atoms with van der Waals surface area (Å²) in [5.41, 5.74) is 0.478. The molecule has 0 atom stereocenters. The standard InChI is InChI=1S/C25H19ClFNO6S2/c1-14-3-5-17-18(9-14)19(25(31)34-2)12-28(24(17)30)21-6-4-15(11-20(21)27)10-16(29)13-36(32,33)23-8-7-22(26)35-23/h3-9,11-12H,10,13H2,1-2H3. The van der Waals surface area contributed by atoms with Gasteiger partial charge in [0, 0.05) is 23.4 Å². The summed E-state index contributed by atoms with van der Waals surface area (Å²) in [7, 11) is -2.66. The lowest BCUT2D eigenvalue weighted by Crippen LogP contribution is -2.22. The Hall–Kier alpha value is -3.34. The number of thiophene rings is 1. The van der Waals surface area contributed by atoms with Crippen LogP contribution in [0, 0.1) is 12.7 Å². The highest BCUT2D eigenvalue weighted by molar-refractivity contribution is 7.94. The third kappa shape index (κ3) is 5.11. The molecule has 2 heterocycles. The number of Topliss-reactive ketones (excluding diaryl/α,β-unsaturated/α-hetero) is 1. The number of hydrogen-bond donors (Lipinski definition) is 0. The fourth-order valence-corrected chi connectivity index (χ4v) is 6.60. The van der Waals surface area contributed by atoms with E-state index in [1.807, 2.05) is 6.92 Å². The molecule has 186 valence electrons. The maximum absolute atomic E-state index is 15.1. The number of hydrogen-bond acceptors (Lipinski definition) is 7. The summed E-state index contributed by atoms with van der Waals surface area (Å²) in [6.45, 7) is 1.81. The molecule has 4 aromatic rings. The number of benzene rings is 2. The maximum Gasteiger partial charge on any atom is 0.340 e. The van der Waals surface area contributed by atoms with Gasteiger partial charge in [0.1, 0.15) is 15.8 Å². The molecule has 0 aliphatic carbocycles. The Morgan fingerprint density at radius 2 is 1.83 bits per heavy atom. The zero-order valence-corrected chi connectivity index (χ0v) is 21.5. The van der Waals surface area contributed by atoms with E-state index in [0.717, 1.165) is 27.5 Å². The number of esters is 1. The summed E-state index contributed by atoms with van der Waals surface area (Å²) >= 11 is 6.63. The van der Waals surface area contributed by atoms with E-state index in [9.17, 15) is 22.8 Å². The number of pyridine rings is 1. The SMILES string of the molecule is COC(=O)c1cn(-c2ccc(CC(=O)CS(=O)(=O)c3ccc(Cl)s3)cc2F)c(=O)c2ccc(C)cc12. The summed E-state index contributed by atoms with van der Waals surface area (Å²) < 4.78 is 46.1. The fraction of sp³-hybridized carbons (Fsp3) is 0.160. The minimum absolute atomic E-state index is 0.0188. The van der Waals surface area contributed by atoms with Crippen molar-refractivity contribution in [2.24, 2.45) is 0 Å². The van der Waals surface area contributed by atoms with Crippen LogP contribution in [0.15, 0.2) is 63.7 Å². The van der Waals surface area contributed by atoms with Crippen molar-refractivity contribution in [2.45, 2.75) is 17.6 Å². The van der Waals surface area contributed by atoms with E-state index >= 15 is 4.39 Å². The van der Waals surface area contributed by atoms with Crippen LogP contribution in [0.25, 0.3) is 16.5 Å². The number of fused-ring (bicyclic) bond motifs is 1. The molecule has 0 unspecified atom stereocenters.